The molecule has 0 heterocycles. The Bertz CT molecular complexity index is 452. The second-order valence-corrected chi connectivity index (χ2v) is 9.55. The van der Waals surface area contributed by atoms with E-state index in [0.717, 1.165) is 32.1 Å². The standard InChI is InChI=1S/C24H44O4/c1-23(2,3)27-21(25)19-17-15-13-11-9-7-8-10-12-14-16-18-20-22(26)28-24(4,5)6/h11,13H,7-10,12,14-20H2,1-6H3/b13-11+. The number of carbonyl (C=O) groups is 2. The van der Waals surface area contributed by atoms with Gasteiger partial charge in [-0.1, -0.05) is 44.3 Å². The minimum absolute atomic E-state index is 0.0784. The van der Waals surface area contributed by atoms with Gasteiger partial charge in [-0.05, 0) is 73.6 Å². The molecule has 0 saturated carbocycles. The van der Waals surface area contributed by atoms with Gasteiger partial charge in [-0.15, -0.1) is 0 Å². The fourth-order valence-corrected chi connectivity index (χ4v) is 2.80. The van der Waals surface area contributed by atoms with E-state index in [1.807, 2.05) is 41.5 Å². The number of hydrogen-bond acceptors (Lipinski definition) is 4. The topological polar surface area (TPSA) is 52.6 Å². The Morgan fingerprint density at radius 2 is 0.929 bits per heavy atom. The van der Waals surface area contributed by atoms with E-state index in [4.69, 9.17) is 9.47 Å². The summed E-state index contributed by atoms with van der Waals surface area (Å²) < 4.78 is 10.6. The van der Waals surface area contributed by atoms with Crippen molar-refractivity contribution in [3.63, 3.8) is 0 Å². The molecule has 0 rings (SSSR count). The first-order valence-corrected chi connectivity index (χ1v) is 11.1. The molecule has 0 bridgehead atoms. The molecule has 4 nitrogen and oxygen atoms in total. The van der Waals surface area contributed by atoms with Gasteiger partial charge >= 0.3 is 11.9 Å². The van der Waals surface area contributed by atoms with Gasteiger partial charge in [0.25, 0.3) is 0 Å². The van der Waals surface area contributed by atoms with E-state index in [-0.39, 0.29) is 23.1 Å². The van der Waals surface area contributed by atoms with Gasteiger partial charge in [-0.3, -0.25) is 9.59 Å². The average Bonchev–Trinajstić information content (AvgIpc) is 2.51. The average molecular weight is 397 g/mol. The van der Waals surface area contributed by atoms with Crippen LogP contribution in [0.25, 0.3) is 0 Å². The molecule has 0 saturated heterocycles. The first-order valence-electron chi connectivity index (χ1n) is 11.1. The number of carbonyl (C=O) groups excluding carboxylic acids is 2. The van der Waals surface area contributed by atoms with Crippen molar-refractivity contribution in [1.29, 1.82) is 0 Å². The number of ether oxygens (including phenoxy) is 2. The molecule has 28 heavy (non-hydrogen) atoms. The fraction of sp³-hybridized carbons (Fsp3) is 0.833. The number of esters is 2. The van der Waals surface area contributed by atoms with Crippen LogP contribution in [0.4, 0.5) is 0 Å². The molecule has 0 spiro atoms. The van der Waals surface area contributed by atoms with Crippen molar-refractivity contribution in [2.75, 3.05) is 0 Å². The highest BCUT2D eigenvalue weighted by molar-refractivity contribution is 5.70. The van der Waals surface area contributed by atoms with E-state index in [1.54, 1.807) is 0 Å². The minimum Gasteiger partial charge on any atom is -0.460 e. The van der Waals surface area contributed by atoms with Crippen LogP contribution in [0, 0.1) is 0 Å². The van der Waals surface area contributed by atoms with Gasteiger partial charge < -0.3 is 9.47 Å². The zero-order valence-electron chi connectivity index (χ0n) is 19.3. The first kappa shape index (κ1) is 26.7. The Morgan fingerprint density at radius 3 is 1.39 bits per heavy atom. The quantitative estimate of drug-likeness (QED) is 0.182. The smallest absolute Gasteiger partial charge is 0.306 e. The maximum absolute atomic E-state index is 11.6. The highest BCUT2D eigenvalue weighted by Crippen LogP contribution is 2.13. The summed E-state index contributed by atoms with van der Waals surface area (Å²) in [5.41, 5.74) is -0.755. The molecule has 0 aliphatic heterocycles. The summed E-state index contributed by atoms with van der Waals surface area (Å²) in [6.45, 7) is 11.4. The van der Waals surface area contributed by atoms with Crippen molar-refractivity contribution < 1.29 is 19.1 Å². The molecule has 0 aromatic carbocycles. The largest absolute Gasteiger partial charge is 0.460 e. The van der Waals surface area contributed by atoms with Crippen molar-refractivity contribution in [3.05, 3.63) is 12.2 Å². The second kappa shape index (κ2) is 14.6. The number of unbranched alkanes of at least 4 members (excludes halogenated alkanes) is 8. The van der Waals surface area contributed by atoms with Crippen LogP contribution in [0.1, 0.15) is 119 Å². The predicted octanol–water partition coefficient (Wildman–Crippen LogP) is 6.91. The zero-order valence-corrected chi connectivity index (χ0v) is 19.3. The first-order chi connectivity index (χ1) is 13.0. The number of rotatable bonds is 14. The lowest BCUT2D eigenvalue weighted by Crippen LogP contribution is -2.23. The van der Waals surface area contributed by atoms with E-state index in [9.17, 15) is 9.59 Å². The van der Waals surface area contributed by atoms with Crippen LogP contribution in [0.2, 0.25) is 0 Å². The van der Waals surface area contributed by atoms with Crippen LogP contribution >= 0.6 is 0 Å². The monoisotopic (exact) mass is 396 g/mol. The molecule has 0 radical (unpaired) electrons. The van der Waals surface area contributed by atoms with Gasteiger partial charge in [0.05, 0.1) is 0 Å². The van der Waals surface area contributed by atoms with Crippen molar-refractivity contribution in [2.24, 2.45) is 0 Å². The van der Waals surface area contributed by atoms with Crippen molar-refractivity contribution >= 4 is 11.9 Å². The lowest BCUT2D eigenvalue weighted by Gasteiger charge is -2.19. The third kappa shape index (κ3) is 21.0. The third-order valence-electron chi connectivity index (χ3n) is 4.01. The van der Waals surface area contributed by atoms with Gasteiger partial charge in [0.2, 0.25) is 0 Å². The summed E-state index contributed by atoms with van der Waals surface area (Å²) in [7, 11) is 0. The Hall–Kier alpha value is -1.32. The van der Waals surface area contributed by atoms with E-state index >= 15 is 0 Å². The normalized spacial score (nSPS) is 12.4. The molecule has 0 amide bonds. The molecule has 0 aromatic rings. The second-order valence-electron chi connectivity index (χ2n) is 9.55. The van der Waals surface area contributed by atoms with Crippen LogP contribution in [0.5, 0.6) is 0 Å². The maximum atomic E-state index is 11.6. The molecule has 0 fully saturated rings. The van der Waals surface area contributed by atoms with Crippen LogP contribution in [-0.2, 0) is 19.1 Å². The molecule has 0 unspecified atom stereocenters. The van der Waals surface area contributed by atoms with Crippen LogP contribution in [0.3, 0.4) is 0 Å². The van der Waals surface area contributed by atoms with Gasteiger partial charge in [0.1, 0.15) is 11.2 Å². The van der Waals surface area contributed by atoms with Crippen molar-refractivity contribution in [1.82, 2.24) is 0 Å². The zero-order chi connectivity index (χ0) is 21.5. The summed E-state index contributed by atoms with van der Waals surface area (Å²) in [5.74, 6) is -0.183. The van der Waals surface area contributed by atoms with Crippen molar-refractivity contribution in [3.8, 4) is 0 Å². The van der Waals surface area contributed by atoms with E-state index in [1.165, 1.54) is 32.1 Å². The van der Waals surface area contributed by atoms with E-state index in [0.29, 0.717) is 12.8 Å². The molecule has 0 aliphatic rings. The van der Waals surface area contributed by atoms with Crippen LogP contribution in [0.15, 0.2) is 12.2 Å². The Morgan fingerprint density at radius 1 is 0.571 bits per heavy atom. The molecule has 0 aromatic heterocycles. The summed E-state index contributed by atoms with van der Waals surface area (Å²) in [6.07, 6.45) is 16.6. The van der Waals surface area contributed by atoms with Gasteiger partial charge in [-0.25, -0.2) is 0 Å². The van der Waals surface area contributed by atoms with Crippen molar-refractivity contribution in [2.45, 2.75) is 130 Å². The molecule has 0 N–H and O–H groups in total. The lowest BCUT2D eigenvalue weighted by atomic mass is 10.1. The molecular weight excluding hydrogens is 352 g/mol. The summed E-state index contributed by atoms with van der Waals surface area (Å²) in [5, 5.41) is 0. The number of hydrogen-bond donors (Lipinski definition) is 0. The maximum Gasteiger partial charge on any atom is 0.306 e. The Balaban J connectivity index is 3.38. The molecule has 4 heteroatoms. The SMILES string of the molecule is CC(C)(C)OC(=O)CCC/C=C/CCCCCCCCCC(=O)OC(C)(C)C. The summed E-state index contributed by atoms with van der Waals surface area (Å²) in [6, 6.07) is 0. The van der Waals surface area contributed by atoms with E-state index < -0.39 is 0 Å². The van der Waals surface area contributed by atoms with Gasteiger partial charge in [-0.2, -0.15) is 0 Å². The fourth-order valence-electron chi connectivity index (χ4n) is 2.80. The highest BCUT2D eigenvalue weighted by atomic mass is 16.6. The van der Waals surface area contributed by atoms with E-state index in [2.05, 4.69) is 12.2 Å². The summed E-state index contributed by atoms with van der Waals surface area (Å²) >= 11 is 0. The Labute approximate surface area is 173 Å². The van der Waals surface area contributed by atoms with Crippen LogP contribution in [-0.4, -0.2) is 23.1 Å². The third-order valence-corrected chi connectivity index (χ3v) is 4.01. The molecular formula is C24H44O4. The van der Waals surface area contributed by atoms with Gasteiger partial charge in [0.15, 0.2) is 0 Å². The van der Waals surface area contributed by atoms with Crippen LogP contribution < -0.4 is 0 Å². The summed E-state index contributed by atoms with van der Waals surface area (Å²) in [4.78, 5) is 23.2. The predicted molar refractivity (Wildman–Crippen MR) is 116 cm³/mol. The number of allylic oxidation sites excluding steroid dienone is 2. The molecule has 0 aliphatic carbocycles. The minimum atomic E-state index is -0.384. The molecule has 164 valence electrons. The lowest BCUT2D eigenvalue weighted by molar-refractivity contribution is -0.156. The highest BCUT2D eigenvalue weighted by Gasteiger charge is 2.16. The Kier molecular flexibility index (Phi) is 14.0. The van der Waals surface area contributed by atoms with Gasteiger partial charge in [0, 0.05) is 12.8 Å². The molecule has 0 atom stereocenters.